The first-order valence-corrected chi connectivity index (χ1v) is 12.5. The highest BCUT2D eigenvalue weighted by Crippen LogP contribution is 2.29. The summed E-state index contributed by atoms with van der Waals surface area (Å²) in [5.74, 6) is -1.84. The number of carbonyl (C=O) groups excluding carboxylic acids is 3. The van der Waals surface area contributed by atoms with Crippen LogP contribution in [0.5, 0.6) is 0 Å². The molecule has 8 N–H and O–H groups in total. The lowest BCUT2D eigenvalue weighted by Crippen LogP contribution is -2.56. The van der Waals surface area contributed by atoms with E-state index < -0.39 is 48.0 Å². The van der Waals surface area contributed by atoms with E-state index in [1.54, 1.807) is 24.3 Å². The van der Waals surface area contributed by atoms with E-state index in [-0.39, 0.29) is 38.3 Å². The Balaban J connectivity index is 1.74. The average Bonchev–Trinajstić information content (AvgIpc) is 2.94. The molecule has 10 nitrogen and oxygen atoms in total. The van der Waals surface area contributed by atoms with Gasteiger partial charge in [0.2, 0.25) is 17.7 Å². The van der Waals surface area contributed by atoms with Crippen molar-refractivity contribution in [3.63, 3.8) is 0 Å². The number of pyridine rings is 1. The van der Waals surface area contributed by atoms with E-state index in [0.29, 0.717) is 16.5 Å². The van der Waals surface area contributed by atoms with Gasteiger partial charge in [-0.1, -0.05) is 30.3 Å². The monoisotopic (exact) mass is 559 g/mol. The molecule has 13 heteroatoms. The molecule has 0 aliphatic rings. The predicted octanol–water partition coefficient (Wildman–Crippen LogP) is 0.976. The molecule has 0 aliphatic heterocycles. The zero-order valence-corrected chi connectivity index (χ0v) is 21.7. The van der Waals surface area contributed by atoms with E-state index >= 15 is 0 Å². The van der Waals surface area contributed by atoms with Crippen molar-refractivity contribution in [2.45, 2.75) is 24.7 Å². The highest BCUT2D eigenvalue weighted by Gasteiger charge is 2.40. The highest BCUT2D eigenvalue weighted by molar-refractivity contribution is 5.95. The second-order valence-electron chi connectivity index (χ2n) is 9.18. The maximum absolute atomic E-state index is 13.4. The Labute approximate surface area is 229 Å². The van der Waals surface area contributed by atoms with Crippen LogP contribution in [-0.2, 0) is 32.6 Å². The number of carbonyl (C=O) groups is 3. The minimum atomic E-state index is -4.46. The van der Waals surface area contributed by atoms with Crippen LogP contribution in [0.4, 0.5) is 13.2 Å². The minimum Gasteiger partial charge on any atom is -0.350 e. The topological polar surface area (TPSA) is 169 Å². The van der Waals surface area contributed by atoms with Crippen molar-refractivity contribution in [3.05, 3.63) is 77.5 Å². The quantitative estimate of drug-likeness (QED) is 0.220. The van der Waals surface area contributed by atoms with E-state index in [0.717, 1.165) is 12.1 Å². The van der Waals surface area contributed by atoms with Crippen molar-refractivity contribution in [2.24, 2.45) is 17.2 Å². The zero-order chi connectivity index (χ0) is 29.3. The van der Waals surface area contributed by atoms with Gasteiger partial charge in [-0.2, -0.15) is 13.2 Å². The molecule has 214 valence electrons. The number of para-hydroxylation sites is 1. The van der Waals surface area contributed by atoms with Gasteiger partial charge < -0.3 is 32.7 Å². The van der Waals surface area contributed by atoms with Gasteiger partial charge >= 0.3 is 6.18 Å². The Morgan fingerprint density at radius 1 is 0.900 bits per heavy atom. The lowest BCUT2D eigenvalue weighted by molar-refractivity contribution is -0.138. The number of nitrogens with one attached hydrogen (secondary N) is 2. The first-order valence-electron chi connectivity index (χ1n) is 12.5. The van der Waals surface area contributed by atoms with Gasteiger partial charge in [-0.15, -0.1) is 0 Å². The summed E-state index contributed by atoms with van der Waals surface area (Å²) in [7, 11) is 0. The number of benzene rings is 2. The third-order valence-corrected chi connectivity index (χ3v) is 6.27. The van der Waals surface area contributed by atoms with Crippen LogP contribution in [0.25, 0.3) is 10.9 Å². The van der Waals surface area contributed by atoms with Gasteiger partial charge in [0, 0.05) is 49.9 Å². The molecule has 40 heavy (non-hydrogen) atoms. The molecule has 0 fully saturated rings. The number of halogens is 3. The summed E-state index contributed by atoms with van der Waals surface area (Å²) in [6, 6.07) is 13.2. The Bertz CT molecular complexity index is 1330. The number of hydrogen-bond acceptors (Lipinski definition) is 7. The van der Waals surface area contributed by atoms with E-state index in [4.69, 9.17) is 17.2 Å². The highest BCUT2D eigenvalue weighted by atomic mass is 19.4. The van der Waals surface area contributed by atoms with Gasteiger partial charge in [0.25, 0.3) is 0 Å². The van der Waals surface area contributed by atoms with E-state index in [2.05, 4.69) is 15.6 Å². The fourth-order valence-corrected chi connectivity index (χ4v) is 4.04. The number of amides is 3. The predicted molar refractivity (Wildman–Crippen MR) is 143 cm³/mol. The molecule has 1 aromatic heterocycles. The Morgan fingerprint density at radius 3 is 2.17 bits per heavy atom. The van der Waals surface area contributed by atoms with Crippen LogP contribution in [0.1, 0.15) is 23.1 Å². The SMILES string of the molecule is NCCN(CCN)C(=O)C[C@@](N)(C(=O)NCC(=O)NCc1ccc(C(F)(F)F)cc1)c1cnc2ccccc2c1. The van der Waals surface area contributed by atoms with E-state index in [1.807, 2.05) is 6.07 Å². The lowest BCUT2D eigenvalue weighted by Gasteiger charge is -2.31. The first kappa shape index (κ1) is 30.5. The second kappa shape index (κ2) is 13.3. The van der Waals surface area contributed by atoms with Gasteiger partial charge in [0.15, 0.2) is 0 Å². The van der Waals surface area contributed by atoms with Crippen LogP contribution in [0.15, 0.2) is 60.8 Å². The summed E-state index contributed by atoms with van der Waals surface area (Å²) in [4.78, 5) is 44.8. The number of nitrogens with zero attached hydrogens (tertiary/aromatic N) is 2. The number of fused-ring (bicyclic) bond motifs is 1. The maximum atomic E-state index is 13.4. The van der Waals surface area contributed by atoms with E-state index in [9.17, 15) is 27.6 Å². The molecule has 0 bridgehead atoms. The van der Waals surface area contributed by atoms with Crippen molar-refractivity contribution in [1.29, 1.82) is 0 Å². The molecular weight excluding hydrogens is 527 g/mol. The van der Waals surface area contributed by atoms with Gasteiger partial charge in [-0.05, 0) is 29.8 Å². The van der Waals surface area contributed by atoms with Crippen LogP contribution >= 0.6 is 0 Å². The molecule has 0 unspecified atom stereocenters. The largest absolute Gasteiger partial charge is 0.416 e. The lowest BCUT2D eigenvalue weighted by atomic mass is 9.86. The second-order valence-corrected chi connectivity index (χ2v) is 9.18. The minimum absolute atomic E-state index is 0.0547. The summed E-state index contributed by atoms with van der Waals surface area (Å²) < 4.78 is 38.2. The molecule has 3 aromatic rings. The molecule has 3 amide bonds. The smallest absolute Gasteiger partial charge is 0.350 e. The van der Waals surface area contributed by atoms with Gasteiger partial charge in [0.05, 0.1) is 24.0 Å². The van der Waals surface area contributed by atoms with Crippen molar-refractivity contribution in [2.75, 3.05) is 32.7 Å². The zero-order valence-electron chi connectivity index (χ0n) is 21.7. The Morgan fingerprint density at radius 2 is 1.55 bits per heavy atom. The molecule has 1 heterocycles. The van der Waals surface area contributed by atoms with Crippen LogP contribution in [-0.4, -0.2) is 60.3 Å². The molecule has 0 radical (unpaired) electrons. The summed E-state index contributed by atoms with van der Waals surface area (Å²) >= 11 is 0. The maximum Gasteiger partial charge on any atom is 0.416 e. The molecular formula is C27H32F3N7O3. The first-order chi connectivity index (χ1) is 19.0. The third-order valence-electron chi connectivity index (χ3n) is 6.27. The average molecular weight is 560 g/mol. The molecule has 0 saturated heterocycles. The van der Waals surface area contributed by atoms with Crippen molar-refractivity contribution in [3.8, 4) is 0 Å². The molecule has 2 aromatic carbocycles. The third kappa shape index (κ3) is 7.74. The number of rotatable bonds is 12. The number of hydrogen-bond donors (Lipinski definition) is 5. The van der Waals surface area contributed by atoms with Crippen molar-refractivity contribution in [1.82, 2.24) is 20.5 Å². The fraction of sp³-hybridized carbons (Fsp3) is 0.333. The van der Waals surface area contributed by atoms with Crippen molar-refractivity contribution >= 4 is 28.6 Å². The normalized spacial score (nSPS) is 12.9. The summed E-state index contributed by atoms with van der Waals surface area (Å²) in [5, 5.41) is 5.70. The van der Waals surface area contributed by atoms with Gasteiger partial charge in [-0.3, -0.25) is 19.4 Å². The van der Waals surface area contributed by atoms with E-state index in [1.165, 1.54) is 23.2 Å². The summed E-state index contributed by atoms with van der Waals surface area (Å²) in [5.41, 5.74) is 16.5. The summed E-state index contributed by atoms with van der Waals surface area (Å²) in [6.07, 6.45) is -3.49. The van der Waals surface area contributed by atoms with Crippen LogP contribution in [0.2, 0.25) is 0 Å². The van der Waals surface area contributed by atoms with Gasteiger partial charge in [0.1, 0.15) is 5.54 Å². The molecule has 1 atom stereocenters. The van der Waals surface area contributed by atoms with Crippen LogP contribution in [0.3, 0.4) is 0 Å². The number of alkyl halides is 3. The van der Waals surface area contributed by atoms with Gasteiger partial charge in [-0.25, -0.2) is 0 Å². The molecule has 0 spiro atoms. The molecule has 3 rings (SSSR count). The number of nitrogens with two attached hydrogens (primary N) is 3. The standard InChI is InChI=1S/C27H32F3N7O3/c28-27(29,30)20-7-5-18(6-8-20)15-35-23(38)17-36-25(40)26(33,14-24(39)37(11-9-31)12-10-32)21-13-19-3-1-2-4-22(19)34-16-21/h1-8,13,16H,9-12,14-15,17,31-33H2,(H,35,38)(H,36,40)/t26-/m0/s1. The van der Waals surface area contributed by atoms with Crippen LogP contribution < -0.4 is 27.8 Å². The van der Waals surface area contributed by atoms with Crippen LogP contribution in [0, 0.1) is 0 Å². The Kier molecular flexibility index (Phi) is 10.2. The van der Waals surface area contributed by atoms with Crippen molar-refractivity contribution < 1.29 is 27.6 Å². The summed E-state index contributed by atoms with van der Waals surface area (Å²) in [6.45, 7) is 0.272. The fourth-order valence-electron chi connectivity index (χ4n) is 4.04. The number of aromatic nitrogens is 1. The Hall–Kier alpha value is -4.07. The molecule has 0 saturated carbocycles. The molecule has 0 aliphatic carbocycles.